The molecule has 142 valence electrons. The number of rotatable bonds is 7. The van der Waals surface area contributed by atoms with Crippen molar-refractivity contribution < 1.29 is 14.3 Å². The van der Waals surface area contributed by atoms with E-state index in [9.17, 15) is 9.59 Å². The van der Waals surface area contributed by atoms with Crippen LogP contribution in [-0.4, -0.2) is 18.4 Å². The second-order valence-corrected chi connectivity index (χ2v) is 6.12. The van der Waals surface area contributed by atoms with E-state index in [-0.39, 0.29) is 11.8 Å². The van der Waals surface area contributed by atoms with Crippen LogP contribution < -0.4 is 15.4 Å². The molecule has 2 N–H and O–H groups in total. The smallest absolute Gasteiger partial charge is 0.253 e. The average Bonchev–Trinajstić information content (AvgIpc) is 2.75. The van der Waals surface area contributed by atoms with E-state index in [1.807, 2.05) is 43.3 Å². The molecule has 3 aromatic rings. The number of carbonyl (C=O) groups is 2. The Bertz CT molecular complexity index is 873. The van der Waals surface area contributed by atoms with Crippen molar-refractivity contribution in [3.05, 3.63) is 102 Å². The van der Waals surface area contributed by atoms with Gasteiger partial charge in [0.25, 0.3) is 11.8 Å². The minimum Gasteiger partial charge on any atom is -0.494 e. The molecule has 0 fully saturated rings. The van der Waals surface area contributed by atoms with Gasteiger partial charge in [0.1, 0.15) is 11.9 Å². The van der Waals surface area contributed by atoms with Gasteiger partial charge in [-0.15, -0.1) is 0 Å². The first kappa shape index (κ1) is 19.2. The van der Waals surface area contributed by atoms with E-state index in [2.05, 4.69) is 10.6 Å². The summed E-state index contributed by atoms with van der Waals surface area (Å²) in [6.45, 7) is 2.43. The predicted octanol–water partition coefficient (Wildman–Crippen LogP) is 3.94. The Kier molecular flexibility index (Phi) is 6.41. The van der Waals surface area contributed by atoms with Crippen molar-refractivity contribution in [2.24, 2.45) is 0 Å². The van der Waals surface area contributed by atoms with Crippen LogP contribution in [0.5, 0.6) is 5.75 Å². The van der Waals surface area contributed by atoms with Gasteiger partial charge in [0, 0.05) is 11.1 Å². The molecule has 0 aliphatic rings. The SMILES string of the molecule is CCOc1cccc(C(NC(=O)c2ccccc2)NC(=O)c2ccccc2)c1. The number of benzene rings is 3. The maximum Gasteiger partial charge on any atom is 0.253 e. The standard InChI is InChI=1S/C23H22N2O3/c1-2-28-20-15-9-14-19(16-20)21(24-22(26)17-10-5-3-6-11-17)25-23(27)18-12-7-4-8-13-18/h3-16,21H,2H2,1H3,(H,24,26)(H,25,27). The summed E-state index contributed by atoms with van der Waals surface area (Å²) >= 11 is 0. The Hall–Kier alpha value is -3.60. The Morgan fingerprint density at radius 2 is 1.32 bits per heavy atom. The molecule has 5 heteroatoms. The van der Waals surface area contributed by atoms with Gasteiger partial charge in [0.15, 0.2) is 0 Å². The van der Waals surface area contributed by atoms with Crippen LogP contribution in [0.25, 0.3) is 0 Å². The molecule has 0 bridgehead atoms. The number of hydrogen-bond donors (Lipinski definition) is 2. The molecule has 0 spiro atoms. The second-order valence-electron chi connectivity index (χ2n) is 6.12. The second kappa shape index (κ2) is 9.37. The molecule has 3 aromatic carbocycles. The molecule has 3 rings (SSSR count). The monoisotopic (exact) mass is 374 g/mol. The van der Waals surface area contributed by atoms with Gasteiger partial charge in [-0.2, -0.15) is 0 Å². The fourth-order valence-corrected chi connectivity index (χ4v) is 2.76. The summed E-state index contributed by atoms with van der Waals surface area (Å²) < 4.78 is 5.55. The summed E-state index contributed by atoms with van der Waals surface area (Å²) in [5, 5.41) is 5.79. The molecule has 0 radical (unpaired) electrons. The normalized spacial score (nSPS) is 10.4. The lowest BCUT2D eigenvalue weighted by atomic mass is 10.1. The summed E-state index contributed by atoms with van der Waals surface area (Å²) in [5.74, 6) is 0.120. The highest BCUT2D eigenvalue weighted by Gasteiger charge is 2.19. The van der Waals surface area contributed by atoms with Crippen LogP contribution in [0.1, 0.15) is 39.4 Å². The van der Waals surface area contributed by atoms with Crippen LogP contribution in [0.3, 0.4) is 0 Å². The van der Waals surface area contributed by atoms with E-state index in [1.54, 1.807) is 48.5 Å². The molecule has 0 saturated carbocycles. The summed E-state index contributed by atoms with van der Waals surface area (Å²) in [7, 11) is 0. The first-order valence-corrected chi connectivity index (χ1v) is 9.12. The highest BCUT2D eigenvalue weighted by atomic mass is 16.5. The van der Waals surface area contributed by atoms with Crippen LogP contribution in [0.4, 0.5) is 0 Å². The molecule has 0 aliphatic heterocycles. The first-order valence-electron chi connectivity index (χ1n) is 9.12. The Labute approximate surface area is 164 Å². The van der Waals surface area contributed by atoms with E-state index >= 15 is 0 Å². The summed E-state index contributed by atoms with van der Waals surface area (Å²) in [6.07, 6.45) is -0.708. The van der Waals surface area contributed by atoms with Gasteiger partial charge < -0.3 is 15.4 Å². The molecule has 0 atom stereocenters. The van der Waals surface area contributed by atoms with Crippen LogP contribution in [-0.2, 0) is 0 Å². The molecule has 0 saturated heterocycles. The van der Waals surface area contributed by atoms with E-state index < -0.39 is 6.17 Å². The van der Waals surface area contributed by atoms with Crippen LogP contribution in [0.2, 0.25) is 0 Å². The highest BCUT2D eigenvalue weighted by molar-refractivity contribution is 5.96. The lowest BCUT2D eigenvalue weighted by molar-refractivity contribution is 0.0883. The maximum absolute atomic E-state index is 12.7. The van der Waals surface area contributed by atoms with Gasteiger partial charge in [0.2, 0.25) is 0 Å². The predicted molar refractivity (Wildman–Crippen MR) is 108 cm³/mol. The maximum atomic E-state index is 12.7. The Morgan fingerprint density at radius 3 is 1.82 bits per heavy atom. The first-order chi connectivity index (χ1) is 13.7. The Balaban J connectivity index is 1.86. The van der Waals surface area contributed by atoms with Crippen molar-refractivity contribution in [2.45, 2.75) is 13.1 Å². The minimum atomic E-state index is -0.708. The van der Waals surface area contributed by atoms with Crippen molar-refractivity contribution in [2.75, 3.05) is 6.61 Å². The third-order valence-corrected chi connectivity index (χ3v) is 4.13. The molecule has 5 nitrogen and oxygen atoms in total. The van der Waals surface area contributed by atoms with E-state index in [0.29, 0.717) is 23.5 Å². The van der Waals surface area contributed by atoms with E-state index in [4.69, 9.17) is 4.74 Å². The topological polar surface area (TPSA) is 67.4 Å². The van der Waals surface area contributed by atoms with Crippen molar-refractivity contribution in [3.8, 4) is 5.75 Å². The largest absolute Gasteiger partial charge is 0.494 e. The van der Waals surface area contributed by atoms with Crippen LogP contribution in [0, 0.1) is 0 Å². The highest BCUT2D eigenvalue weighted by Crippen LogP contribution is 2.19. The lowest BCUT2D eigenvalue weighted by Gasteiger charge is -2.21. The molecular weight excluding hydrogens is 352 g/mol. The Morgan fingerprint density at radius 1 is 0.786 bits per heavy atom. The average molecular weight is 374 g/mol. The van der Waals surface area contributed by atoms with Gasteiger partial charge in [0.05, 0.1) is 6.61 Å². The minimum absolute atomic E-state index is 0.277. The molecule has 0 aromatic heterocycles. The third-order valence-electron chi connectivity index (χ3n) is 4.13. The molecule has 0 heterocycles. The fourth-order valence-electron chi connectivity index (χ4n) is 2.76. The lowest BCUT2D eigenvalue weighted by Crippen LogP contribution is -2.41. The summed E-state index contributed by atoms with van der Waals surface area (Å²) in [6, 6.07) is 25.1. The number of hydrogen-bond acceptors (Lipinski definition) is 3. The van der Waals surface area contributed by atoms with Crippen molar-refractivity contribution in [1.29, 1.82) is 0 Å². The number of carbonyl (C=O) groups excluding carboxylic acids is 2. The zero-order valence-corrected chi connectivity index (χ0v) is 15.6. The molecule has 0 aliphatic carbocycles. The van der Waals surface area contributed by atoms with Gasteiger partial charge >= 0.3 is 0 Å². The van der Waals surface area contributed by atoms with Gasteiger partial charge in [-0.05, 0) is 48.9 Å². The molecule has 0 unspecified atom stereocenters. The number of ether oxygens (including phenoxy) is 1. The molecule has 2 amide bonds. The van der Waals surface area contributed by atoms with Crippen molar-refractivity contribution in [1.82, 2.24) is 10.6 Å². The van der Waals surface area contributed by atoms with E-state index in [0.717, 1.165) is 5.56 Å². The van der Waals surface area contributed by atoms with Crippen LogP contribution >= 0.6 is 0 Å². The molecule has 28 heavy (non-hydrogen) atoms. The summed E-state index contributed by atoms with van der Waals surface area (Å²) in [5.41, 5.74) is 1.75. The summed E-state index contributed by atoms with van der Waals surface area (Å²) in [4.78, 5) is 25.3. The van der Waals surface area contributed by atoms with Crippen molar-refractivity contribution in [3.63, 3.8) is 0 Å². The van der Waals surface area contributed by atoms with Gasteiger partial charge in [-0.25, -0.2) is 0 Å². The van der Waals surface area contributed by atoms with Crippen molar-refractivity contribution >= 4 is 11.8 Å². The van der Waals surface area contributed by atoms with E-state index in [1.165, 1.54) is 0 Å². The molecular formula is C23H22N2O3. The van der Waals surface area contributed by atoms with Gasteiger partial charge in [-0.1, -0.05) is 48.5 Å². The van der Waals surface area contributed by atoms with Crippen LogP contribution in [0.15, 0.2) is 84.9 Å². The zero-order valence-electron chi connectivity index (χ0n) is 15.6. The zero-order chi connectivity index (χ0) is 19.8. The fraction of sp³-hybridized carbons (Fsp3) is 0.130. The number of amides is 2. The quantitative estimate of drug-likeness (QED) is 0.616. The number of nitrogens with one attached hydrogen (secondary N) is 2. The third kappa shape index (κ3) is 4.98. The van der Waals surface area contributed by atoms with Gasteiger partial charge in [-0.3, -0.25) is 9.59 Å².